The number of anilines is 1. The van der Waals surface area contributed by atoms with Crippen molar-refractivity contribution >= 4 is 17.6 Å². The highest BCUT2D eigenvalue weighted by Gasteiger charge is 2.21. The van der Waals surface area contributed by atoms with Gasteiger partial charge in [0, 0.05) is 12.2 Å². The molecule has 0 spiro atoms. The predicted molar refractivity (Wildman–Crippen MR) is 69.4 cm³/mol. The van der Waals surface area contributed by atoms with E-state index in [0.717, 1.165) is 0 Å². The molecule has 3 N–H and O–H groups in total. The Kier molecular flexibility index (Phi) is 4.13. The molecule has 1 atom stereocenters. The SMILES string of the molecule is Cc1cc(NC(=O)C2COCCN2)ccc1C(=O)O. The van der Waals surface area contributed by atoms with Crippen molar-refractivity contribution in [3.8, 4) is 0 Å². The summed E-state index contributed by atoms with van der Waals surface area (Å²) in [6, 6.07) is 4.34. The van der Waals surface area contributed by atoms with Gasteiger partial charge in [-0.1, -0.05) is 0 Å². The third-order valence-electron chi connectivity index (χ3n) is 2.96. The van der Waals surface area contributed by atoms with Crippen LogP contribution in [0.1, 0.15) is 15.9 Å². The summed E-state index contributed by atoms with van der Waals surface area (Å²) in [7, 11) is 0. The highest BCUT2D eigenvalue weighted by Crippen LogP contribution is 2.15. The van der Waals surface area contributed by atoms with Crippen LogP contribution in [0, 0.1) is 6.92 Å². The van der Waals surface area contributed by atoms with Crippen LogP contribution in [-0.4, -0.2) is 42.8 Å². The van der Waals surface area contributed by atoms with Gasteiger partial charge in [-0.15, -0.1) is 0 Å². The zero-order chi connectivity index (χ0) is 13.8. The van der Waals surface area contributed by atoms with Crippen LogP contribution in [-0.2, 0) is 9.53 Å². The average Bonchev–Trinajstić information content (AvgIpc) is 2.39. The van der Waals surface area contributed by atoms with E-state index in [1.807, 2.05) is 0 Å². The summed E-state index contributed by atoms with van der Waals surface area (Å²) >= 11 is 0. The maximum Gasteiger partial charge on any atom is 0.335 e. The van der Waals surface area contributed by atoms with Gasteiger partial charge in [0.05, 0.1) is 18.8 Å². The molecule has 1 aromatic carbocycles. The molecule has 0 aromatic heterocycles. The predicted octanol–water partition coefficient (Wildman–Crippen LogP) is 0.620. The Labute approximate surface area is 110 Å². The Bertz CT molecular complexity index is 495. The number of carbonyl (C=O) groups excluding carboxylic acids is 1. The van der Waals surface area contributed by atoms with Crippen LogP contribution in [0.3, 0.4) is 0 Å². The second kappa shape index (κ2) is 5.81. The molecule has 1 unspecified atom stereocenters. The van der Waals surface area contributed by atoms with Gasteiger partial charge in [-0.25, -0.2) is 4.79 Å². The van der Waals surface area contributed by atoms with Crippen molar-refractivity contribution in [2.24, 2.45) is 0 Å². The van der Waals surface area contributed by atoms with E-state index >= 15 is 0 Å². The molecular weight excluding hydrogens is 248 g/mol. The lowest BCUT2D eigenvalue weighted by atomic mass is 10.1. The van der Waals surface area contributed by atoms with Gasteiger partial charge in [-0.05, 0) is 30.7 Å². The summed E-state index contributed by atoms with van der Waals surface area (Å²) < 4.78 is 5.21. The number of nitrogens with one attached hydrogen (secondary N) is 2. The number of morpholine rings is 1. The lowest BCUT2D eigenvalue weighted by Gasteiger charge is -2.23. The smallest absolute Gasteiger partial charge is 0.335 e. The summed E-state index contributed by atoms with van der Waals surface area (Å²) in [4.78, 5) is 22.8. The molecule has 1 amide bonds. The molecule has 1 heterocycles. The fraction of sp³-hybridized carbons (Fsp3) is 0.385. The topological polar surface area (TPSA) is 87.7 Å². The Morgan fingerprint density at radius 2 is 2.26 bits per heavy atom. The third-order valence-corrected chi connectivity index (χ3v) is 2.96. The number of hydrogen-bond acceptors (Lipinski definition) is 4. The lowest BCUT2D eigenvalue weighted by Crippen LogP contribution is -2.48. The number of carboxylic acid groups (broad SMARTS) is 1. The fourth-order valence-electron chi connectivity index (χ4n) is 1.94. The number of hydrogen-bond donors (Lipinski definition) is 3. The quantitative estimate of drug-likeness (QED) is 0.745. The zero-order valence-electron chi connectivity index (χ0n) is 10.6. The number of aromatic carboxylic acids is 1. The first-order chi connectivity index (χ1) is 9.08. The second-order valence-corrected chi connectivity index (χ2v) is 4.41. The molecule has 19 heavy (non-hydrogen) atoms. The minimum Gasteiger partial charge on any atom is -0.478 e. The Morgan fingerprint density at radius 1 is 1.47 bits per heavy atom. The molecule has 102 valence electrons. The van der Waals surface area contributed by atoms with Crippen molar-refractivity contribution in [1.29, 1.82) is 0 Å². The first-order valence-electron chi connectivity index (χ1n) is 6.04. The van der Waals surface area contributed by atoms with Crippen molar-refractivity contribution in [2.45, 2.75) is 13.0 Å². The number of ether oxygens (including phenoxy) is 1. The summed E-state index contributed by atoms with van der Waals surface area (Å²) in [5.74, 6) is -1.15. The van der Waals surface area contributed by atoms with E-state index in [-0.39, 0.29) is 17.5 Å². The number of carboxylic acids is 1. The highest BCUT2D eigenvalue weighted by atomic mass is 16.5. The summed E-state index contributed by atoms with van der Waals surface area (Å²) in [5.41, 5.74) is 1.43. The first kappa shape index (κ1) is 13.5. The van der Waals surface area contributed by atoms with Crippen LogP contribution < -0.4 is 10.6 Å². The maximum absolute atomic E-state index is 11.9. The number of rotatable bonds is 3. The van der Waals surface area contributed by atoms with Gasteiger partial charge in [0.1, 0.15) is 6.04 Å². The summed E-state index contributed by atoms with van der Waals surface area (Å²) in [6.45, 7) is 3.30. The first-order valence-corrected chi connectivity index (χ1v) is 6.04. The monoisotopic (exact) mass is 264 g/mol. The molecule has 0 saturated carbocycles. The van der Waals surface area contributed by atoms with E-state index in [0.29, 0.717) is 31.0 Å². The average molecular weight is 264 g/mol. The van der Waals surface area contributed by atoms with Crippen molar-refractivity contribution < 1.29 is 19.4 Å². The van der Waals surface area contributed by atoms with E-state index in [2.05, 4.69) is 10.6 Å². The molecule has 0 radical (unpaired) electrons. The van der Waals surface area contributed by atoms with Gasteiger partial charge in [0.25, 0.3) is 0 Å². The standard InChI is InChI=1S/C13H16N2O4/c1-8-6-9(2-3-10(8)13(17)18)15-12(16)11-7-19-5-4-14-11/h2-3,6,11,14H,4-5,7H2,1H3,(H,15,16)(H,17,18). The van der Waals surface area contributed by atoms with Crippen molar-refractivity contribution in [1.82, 2.24) is 5.32 Å². The minimum atomic E-state index is -0.974. The fourth-order valence-corrected chi connectivity index (χ4v) is 1.94. The molecule has 6 nitrogen and oxygen atoms in total. The van der Waals surface area contributed by atoms with Gasteiger partial charge < -0.3 is 20.5 Å². The molecule has 1 aliphatic rings. The summed E-state index contributed by atoms with van der Waals surface area (Å²) in [6.07, 6.45) is 0. The highest BCUT2D eigenvalue weighted by molar-refractivity contribution is 5.96. The molecule has 1 saturated heterocycles. The minimum absolute atomic E-state index is 0.179. The van der Waals surface area contributed by atoms with E-state index in [4.69, 9.17) is 9.84 Å². The Morgan fingerprint density at radius 3 is 2.84 bits per heavy atom. The molecule has 0 aliphatic carbocycles. The van der Waals surface area contributed by atoms with Crippen LogP contribution in [0.15, 0.2) is 18.2 Å². The van der Waals surface area contributed by atoms with Gasteiger partial charge >= 0.3 is 5.97 Å². The number of aryl methyl sites for hydroxylation is 1. The lowest BCUT2D eigenvalue weighted by molar-refractivity contribution is -0.120. The van der Waals surface area contributed by atoms with Crippen LogP contribution in [0.25, 0.3) is 0 Å². The van der Waals surface area contributed by atoms with Gasteiger partial charge in [0.15, 0.2) is 0 Å². The van der Waals surface area contributed by atoms with Gasteiger partial charge in [-0.3, -0.25) is 4.79 Å². The van der Waals surface area contributed by atoms with Crippen LogP contribution in [0.5, 0.6) is 0 Å². The molecule has 2 rings (SSSR count). The number of benzene rings is 1. The zero-order valence-corrected chi connectivity index (χ0v) is 10.6. The second-order valence-electron chi connectivity index (χ2n) is 4.41. The maximum atomic E-state index is 11.9. The van der Waals surface area contributed by atoms with E-state index in [1.165, 1.54) is 6.07 Å². The Hall–Kier alpha value is -1.92. The van der Waals surface area contributed by atoms with E-state index in [1.54, 1.807) is 19.1 Å². The molecule has 1 fully saturated rings. The number of amides is 1. The van der Waals surface area contributed by atoms with E-state index < -0.39 is 5.97 Å². The molecule has 0 bridgehead atoms. The molecule has 1 aliphatic heterocycles. The Balaban J connectivity index is 2.04. The normalized spacial score (nSPS) is 18.9. The van der Waals surface area contributed by atoms with Crippen molar-refractivity contribution in [3.63, 3.8) is 0 Å². The molecule has 1 aromatic rings. The van der Waals surface area contributed by atoms with Gasteiger partial charge in [0.2, 0.25) is 5.91 Å². The van der Waals surface area contributed by atoms with Crippen LogP contribution >= 0.6 is 0 Å². The molecular formula is C13H16N2O4. The van der Waals surface area contributed by atoms with Gasteiger partial charge in [-0.2, -0.15) is 0 Å². The van der Waals surface area contributed by atoms with Crippen LogP contribution in [0.4, 0.5) is 5.69 Å². The molecule has 6 heteroatoms. The largest absolute Gasteiger partial charge is 0.478 e. The van der Waals surface area contributed by atoms with Crippen molar-refractivity contribution in [2.75, 3.05) is 25.1 Å². The number of carbonyl (C=O) groups is 2. The van der Waals surface area contributed by atoms with Crippen molar-refractivity contribution in [3.05, 3.63) is 29.3 Å². The van der Waals surface area contributed by atoms with Crippen LogP contribution in [0.2, 0.25) is 0 Å². The van der Waals surface area contributed by atoms with E-state index in [9.17, 15) is 9.59 Å². The third kappa shape index (κ3) is 3.30. The summed E-state index contributed by atoms with van der Waals surface area (Å²) in [5, 5.41) is 14.7.